The quantitative estimate of drug-likeness (QED) is 0.789. The molecule has 3 nitrogen and oxygen atoms in total. The van der Waals surface area contributed by atoms with Crippen LogP contribution in [0.3, 0.4) is 0 Å². The van der Waals surface area contributed by atoms with E-state index in [9.17, 15) is 4.79 Å². The minimum atomic E-state index is 0.305. The summed E-state index contributed by atoms with van der Waals surface area (Å²) in [7, 11) is 0. The number of rotatable bonds is 4. The number of carbonyl (C=O) groups is 1. The van der Waals surface area contributed by atoms with E-state index < -0.39 is 0 Å². The van der Waals surface area contributed by atoms with Crippen LogP contribution in [0, 0.1) is 5.92 Å². The Morgan fingerprint density at radius 3 is 2.69 bits per heavy atom. The second-order valence-corrected chi connectivity index (χ2v) is 5.17. The first kappa shape index (κ1) is 11.9. The molecule has 0 radical (unpaired) electrons. The summed E-state index contributed by atoms with van der Waals surface area (Å²) in [6, 6.07) is 0.594. The number of carbonyl (C=O) groups excluding carboxylic acids is 1. The zero-order valence-corrected chi connectivity index (χ0v) is 10.4. The van der Waals surface area contributed by atoms with Crippen molar-refractivity contribution in [2.24, 2.45) is 5.92 Å². The Bertz CT molecular complexity index is 236. The Labute approximate surface area is 98.6 Å². The van der Waals surface area contributed by atoms with Gasteiger partial charge in [-0.15, -0.1) is 0 Å². The number of likely N-dealkylation sites (tertiary alicyclic amines) is 1. The summed E-state index contributed by atoms with van der Waals surface area (Å²) in [5.74, 6) is 1.10. The van der Waals surface area contributed by atoms with Crippen molar-refractivity contribution in [1.29, 1.82) is 0 Å². The summed E-state index contributed by atoms with van der Waals surface area (Å²) >= 11 is 0. The van der Waals surface area contributed by atoms with Gasteiger partial charge < -0.3 is 10.2 Å². The molecular formula is C13H24N2O. The van der Waals surface area contributed by atoms with Crippen molar-refractivity contribution in [3.63, 3.8) is 0 Å². The molecule has 0 spiro atoms. The summed E-state index contributed by atoms with van der Waals surface area (Å²) < 4.78 is 0. The normalized spacial score (nSPS) is 29.9. The van der Waals surface area contributed by atoms with Gasteiger partial charge in [0.1, 0.15) is 0 Å². The third-order valence-corrected chi connectivity index (χ3v) is 4.16. The monoisotopic (exact) mass is 224 g/mol. The molecule has 1 N–H and O–H groups in total. The molecule has 0 aromatic carbocycles. The van der Waals surface area contributed by atoms with Crippen molar-refractivity contribution in [2.75, 3.05) is 19.6 Å². The van der Waals surface area contributed by atoms with Crippen molar-refractivity contribution >= 4 is 5.91 Å². The smallest absolute Gasteiger partial charge is 0.236 e. The zero-order valence-electron chi connectivity index (χ0n) is 10.4. The largest absolute Gasteiger partial charge is 0.342 e. The van der Waals surface area contributed by atoms with Gasteiger partial charge in [-0.2, -0.15) is 0 Å². The van der Waals surface area contributed by atoms with Gasteiger partial charge in [0.25, 0.3) is 0 Å². The fourth-order valence-electron chi connectivity index (χ4n) is 3.09. The van der Waals surface area contributed by atoms with Gasteiger partial charge in [-0.1, -0.05) is 19.8 Å². The highest BCUT2D eigenvalue weighted by molar-refractivity contribution is 5.78. The molecule has 0 aromatic heterocycles. The first-order chi connectivity index (χ1) is 7.81. The molecule has 1 saturated heterocycles. The summed E-state index contributed by atoms with van der Waals surface area (Å²) in [5, 5.41) is 3.47. The van der Waals surface area contributed by atoms with E-state index in [-0.39, 0.29) is 0 Å². The topological polar surface area (TPSA) is 32.3 Å². The van der Waals surface area contributed by atoms with Crippen LogP contribution >= 0.6 is 0 Å². The van der Waals surface area contributed by atoms with Gasteiger partial charge in [0.15, 0.2) is 0 Å². The lowest BCUT2D eigenvalue weighted by Gasteiger charge is -2.21. The maximum absolute atomic E-state index is 11.9. The highest BCUT2D eigenvalue weighted by atomic mass is 16.2. The Morgan fingerprint density at radius 2 is 2.00 bits per heavy atom. The van der Waals surface area contributed by atoms with Gasteiger partial charge in [-0.25, -0.2) is 0 Å². The minimum Gasteiger partial charge on any atom is -0.342 e. The Morgan fingerprint density at radius 1 is 1.25 bits per heavy atom. The van der Waals surface area contributed by atoms with Gasteiger partial charge in [0.05, 0.1) is 6.54 Å². The maximum atomic E-state index is 11.9. The molecule has 1 amide bonds. The van der Waals surface area contributed by atoms with Crippen molar-refractivity contribution in [1.82, 2.24) is 10.2 Å². The fourth-order valence-corrected chi connectivity index (χ4v) is 3.09. The predicted octanol–water partition coefficient (Wildman–Crippen LogP) is 1.78. The van der Waals surface area contributed by atoms with Gasteiger partial charge in [-0.3, -0.25) is 4.79 Å². The highest BCUT2D eigenvalue weighted by Gasteiger charge is 2.26. The Hall–Kier alpha value is -0.570. The van der Waals surface area contributed by atoms with Gasteiger partial charge >= 0.3 is 0 Å². The summed E-state index contributed by atoms with van der Waals surface area (Å²) in [6.07, 6.45) is 7.54. The van der Waals surface area contributed by atoms with E-state index in [1.807, 2.05) is 4.90 Å². The van der Waals surface area contributed by atoms with Crippen LogP contribution in [0.2, 0.25) is 0 Å². The molecule has 1 aliphatic carbocycles. The molecule has 2 fully saturated rings. The van der Waals surface area contributed by atoms with E-state index in [1.165, 1.54) is 38.5 Å². The third kappa shape index (κ3) is 2.76. The van der Waals surface area contributed by atoms with Crippen LogP contribution in [0.1, 0.15) is 45.4 Å². The van der Waals surface area contributed by atoms with Crippen LogP contribution in [-0.4, -0.2) is 36.5 Å². The molecule has 2 atom stereocenters. The Balaban J connectivity index is 1.71. The molecule has 92 valence electrons. The van der Waals surface area contributed by atoms with Crippen molar-refractivity contribution in [3.8, 4) is 0 Å². The molecule has 3 heteroatoms. The first-order valence-electron chi connectivity index (χ1n) is 6.82. The molecule has 2 rings (SSSR count). The van der Waals surface area contributed by atoms with E-state index in [1.54, 1.807) is 0 Å². The molecule has 1 saturated carbocycles. The summed E-state index contributed by atoms with van der Waals surface area (Å²) in [6.45, 7) is 4.76. The molecule has 16 heavy (non-hydrogen) atoms. The van der Waals surface area contributed by atoms with Crippen LogP contribution in [0.25, 0.3) is 0 Å². The lowest BCUT2D eigenvalue weighted by Crippen LogP contribution is -2.41. The average molecular weight is 224 g/mol. The van der Waals surface area contributed by atoms with E-state index in [0.717, 1.165) is 19.0 Å². The van der Waals surface area contributed by atoms with E-state index >= 15 is 0 Å². The van der Waals surface area contributed by atoms with Crippen molar-refractivity contribution in [3.05, 3.63) is 0 Å². The zero-order chi connectivity index (χ0) is 11.4. The van der Waals surface area contributed by atoms with Gasteiger partial charge in [-0.05, 0) is 31.6 Å². The highest BCUT2D eigenvalue weighted by Crippen LogP contribution is 2.27. The lowest BCUT2D eigenvalue weighted by molar-refractivity contribution is -0.129. The van der Waals surface area contributed by atoms with Crippen LogP contribution in [0.15, 0.2) is 0 Å². The second-order valence-electron chi connectivity index (χ2n) is 5.17. The number of nitrogens with one attached hydrogen (secondary N) is 1. The lowest BCUT2D eigenvalue weighted by atomic mass is 10.0. The summed E-state index contributed by atoms with van der Waals surface area (Å²) in [4.78, 5) is 13.9. The summed E-state index contributed by atoms with van der Waals surface area (Å²) in [5.41, 5.74) is 0. The average Bonchev–Trinajstić information content (AvgIpc) is 2.96. The molecule has 2 unspecified atom stereocenters. The predicted molar refractivity (Wildman–Crippen MR) is 65.2 cm³/mol. The van der Waals surface area contributed by atoms with E-state index in [4.69, 9.17) is 0 Å². The van der Waals surface area contributed by atoms with Crippen LogP contribution in [0.5, 0.6) is 0 Å². The molecule has 0 bridgehead atoms. The maximum Gasteiger partial charge on any atom is 0.236 e. The van der Waals surface area contributed by atoms with Gasteiger partial charge in [0.2, 0.25) is 5.91 Å². The van der Waals surface area contributed by atoms with Crippen LogP contribution < -0.4 is 5.32 Å². The SMILES string of the molecule is CCC1CCCC1NCC(=O)N1CCCC1. The number of hydrogen-bond donors (Lipinski definition) is 1. The number of amides is 1. The first-order valence-corrected chi connectivity index (χ1v) is 6.82. The molecule has 0 aromatic rings. The van der Waals surface area contributed by atoms with Crippen molar-refractivity contribution < 1.29 is 4.79 Å². The standard InChI is InChI=1S/C13H24N2O/c1-2-11-6-5-7-12(11)14-10-13(16)15-8-3-4-9-15/h11-12,14H,2-10H2,1H3. The van der Waals surface area contributed by atoms with Gasteiger partial charge in [0, 0.05) is 19.1 Å². The molecule has 1 aliphatic heterocycles. The Kier molecular flexibility index (Phi) is 4.22. The number of hydrogen-bond acceptors (Lipinski definition) is 2. The minimum absolute atomic E-state index is 0.305. The molecule has 1 heterocycles. The molecule has 2 aliphatic rings. The van der Waals surface area contributed by atoms with E-state index in [0.29, 0.717) is 18.5 Å². The van der Waals surface area contributed by atoms with Crippen LogP contribution in [-0.2, 0) is 4.79 Å². The van der Waals surface area contributed by atoms with Crippen molar-refractivity contribution in [2.45, 2.75) is 51.5 Å². The fraction of sp³-hybridized carbons (Fsp3) is 0.923. The second kappa shape index (κ2) is 5.67. The van der Waals surface area contributed by atoms with E-state index in [2.05, 4.69) is 12.2 Å². The van der Waals surface area contributed by atoms with Crippen LogP contribution in [0.4, 0.5) is 0 Å². The third-order valence-electron chi connectivity index (χ3n) is 4.16. The molecular weight excluding hydrogens is 200 g/mol. The number of nitrogens with zero attached hydrogens (tertiary/aromatic N) is 1.